The Balaban J connectivity index is 2.61. The van der Waals surface area contributed by atoms with Gasteiger partial charge in [0.15, 0.2) is 0 Å². The third kappa shape index (κ3) is 1.81. The van der Waals surface area contributed by atoms with Crippen LogP contribution in [0.3, 0.4) is 0 Å². The Hall–Kier alpha value is -1.17. The van der Waals surface area contributed by atoms with Gasteiger partial charge < -0.3 is 4.74 Å². The topological polar surface area (TPSA) is 27.1 Å². The van der Waals surface area contributed by atoms with Crippen molar-refractivity contribution in [2.24, 2.45) is 0 Å². The lowest BCUT2D eigenvalue weighted by Crippen LogP contribution is -1.96. The van der Waals surface area contributed by atoms with E-state index in [4.69, 9.17) is 4.74 Å². The average Bonchev–Trinajstić information content (AvgIpc) is 2.59. The highest BCUT2D eigenvalue weighted by Crippen LogP contribution is 2.30. The van der Waals surface area contributed by atoms with Crippen LogP contribution < -0.4 is 4.74 Å². The first-order valence-corrected chi connectivity index (χ1v) is 4.91. The van der Waals surface area contributed by atoms with E-state index in [2.05, 4.69) is 21.0 Å². The van der Waals surface area contributed by atoms with Gasteiger partial charge in [0.05, 0.1) is 17.1 Å². The van der Waals surface area contributed by atoms with E-state index in [0.29, 0.717) is 25.8 Å². The lowest BCUT2D eigenvalue weighted by Gasteiger charge is -2.01. The molecule has 0 N–H and O–H groups in total. The van der Waals surface area contributed by atoms with Gasteiger partial charge in [-0.1, -0.05) is 0 Å². The molecule has 2 rings (SSSR count). The van der Waals surface area contributed by atoms with Gasteiger partial charge >= 0.3 is 6.55 Å². The quantitative estimate of drug-likeness (QED) is 0.842. The van der Waals surface area contributed by atoms with Crippen LogP contribution in [0.5, 0.6) is 5.75 Å². The largest absolute Gasteiger partial charge is 0.495 e. The van der Waals surface area contributed by atoms with Crippen LogP contribution in [0.1, 0.15) is 6.55 Å². The Labute approximate surface area is 92.8 Å². The molecule has 0 saturated heterocycles. The van der Waals surface area contributed by atoms with E-state index in [1.54, 1.807) is 12.1 Å². The highest BCUT2D eigenvalue weighted by atomic mass is 79.9. The number of benzene rings is 1. The fourth-order valence-electron chi connectivity index (χ4n) is 1.30. The first-order chi connectivity index (χ1) is 7.11. The number of nitrogens with zero attached hydrogens (tertiary/aromatic N) is 2. The number of hydrogen-bond acceptors (Lipinski definition) is 2. The summed E-state index contributed by atoms with van der Waals surface area (Å²) in [5.74, 6) is 0.571. The predicted octanol–water partition coefficient (Wildman–Crippen LogP) is 3.20. The zero-order valence-electron chi connectivity index (χ0n) is 7.75. The number of ether oxygens (including phenoxy) is 1. The van der Waals surface area contributed by atoms with Crippen molar-refractivity contribution in [3.8, 4) is 5.75 Å². The standard InChI is InChI=1S/C9H7BrF2N2O/c1-15-8-3-7-5(2-6(8)10)4-14(13-7)9(11)12/h2-4,9H,1H3. The summed E-state index contributed by atoms with van der Waals surface area (Å²) in [6, 6.07) is 3.30. The maximum atomic E-state index is 12.3. The van der Waals surface area contributed by atoms with Gasteiger partial charge in [0, 0.05) is 17.6 Å². The van der Waals surface area contributed by atoms with E-state index >= 15 is 0 Å². The second kappa shape index (κ2) is 3.77. The van der Waals surface area contributed by atoms with E-state index in [9.17, 15) is 8.78 Å². The van der Waals surface area contributed by atoms with Crippen molar-refractivity contribution in [3.63, 3.8) is 0 Å². The Morgan fingerprint density at radius 3 is 2.80 bits per heavy atom. The molecule has 6 heteroatoms. The molecule has 0 fully saturated rings. The summed E-state index contributed by atoms with van der Waals surface area (Å²) in [4.78, 5) is 0. The van der Waals surface area contributed by atoms with Crippen LogP contribution in [-0.4, -0.2) is 16.9 Å². The van der Waals surface area contributed by atoms with Gasteiger partial charge in [-0.2, -0.15) is 13.9 Å². The molecule has 0 spiro atoms. The second-order valence-electron chi connectivity index (χ2n) is 2.93. The Bertz CT molecular complexity index is 498. The first kappa shape index (κ1) is 10.4. The molecule has 0 saturated carbocycles. The number of rotatable bonds is 2. The number of fused-ring (bicyclic) bond motifs is 1. The fourth-order valence-corrected chi connectivity index (χ4v) is 1.82. The van der Waals surface area contributed by atoms with Gasteiger partial charge in [0.25, 0.3) is 0 Å². The number of alkyl halides is 2. The molecular weight excluding hydrogens is 270 g/mol. The number of hydrogen-bond donors (Lipinski definition) is 0. The van der Waals surface area contributed by atoms with Gasteiger partial charge in [-0.05, 0) is 22.0 Å². The Morgan fingerprint density at radius 1 is 1.47 bits per heavy atom. The molecule has 2 aromatic rings. The van der Waals surface area contributed by atoms with Crippen molar-refractivity contribution in [1.29, 1.82) is 0 Å². The molecule has 0 bridgehead atoms. The molecule has 1 heterocycles. The summed E-state index contributed by atoms with van der Waals surface area (Å²) in [6.07, 6.45) is 1.30. The van der Waals surface area contributed by atoms with Gasteiger partial charge in [0.2, 0.25) is 0 Å². The summed E-state index contributed by atoms with van der Waals surface area (Å²) in [6.45, 7) is -2.62. The maximum Gasteiger partial charge on any atom is 0.333 e. The van der Waals surface area contributed by atoms with Crippen molar-refractivity contribution < 1.29 is 13.5 Å². The summed E-state index contributed by atoms with van der Waals surface area (Å²) in [5, 5.41) is 4.37. The van der Waals surface area contributed by atoms with E-state index < -0.39 is 6.55 Å². The normalized spacial score (nSPS) is 11.3. The number of methoxy groups -OCH3 is 1. The van der Waals surface area contributed by atoms with E-state index in [1.807, 2.05) is 0 Å². The summed E-state index contributed by atoms with van der Waals surface area (Å²) in [7, 11) is 1.51. The van der Waals surface area contributed by atoms with Crippen LogP contribution in [0.25, 0.3) is 10.9 Å². The zero-order valence-corrected chi connectivity index (χ0v) is 9.33. The maximum absolute atomic E-state index is 12.3. The summed E-state index contributed by atoms with van der Waals surface area (Å²) < 4.78 is 31.1. The van der Waals surface area contributed by atoms with Crippen LogP contribution >= 0.6 is 15.9 Å². The fraction of sp³-hybridized carbons (Fsp3) is 0.222. The van der Waals surface area contributed by atoms with Crippen molar-refractivity contribution >= 4 is 26.8 Å². The molecule has 1 aromatic heterocycles. The highest BCUT2D eigenvalue weighted by Gasteiger charge is 2.11. The van der Waals surface area contributed by atoms with Gasteiger partial charge in [-0.15, -0.1) is 0 Å². The molecule has 0 aliphatic heterocycles. The second-order valence-corrected chi connectivity index (χ2v) is 3.79. The lowest BCUT2D eigenvalue weighted by atomic mass is 10.2. The Kier molecular flexibility index (Phi) is 2.60. The van der Waals surface area contributed by atoms with Crippen LogP contribution in [-0.2, 0) is 0 Å². The smallest absolute Gasteiger partial charge is 0.333 e. The van der Waals surface area contributed by atoms with Crippen LogP contribution in [0.2, 0.25) is 0 Å². The molecule has 1 aromatic carbocycles. The van der Waals surface area contributed by atoms with Gasteiger partial charge in [-0.3, -0.25) is 0 Å². The summed E-state index contributed by atoms with van der Waals surface area (Å²) in [5.41, 5.74) is 0.482. The molecule has 3 nitrogen and oxygen atoms in total. The van der Waals surface area contributed by atoms with Crippen LogP contribution in [0.15, 0.2) is 22.8 Å². The zero-order chi connectivity index (χ0) is 11.0. The van der Waals surface area contributed by atoms with Crippen molar-refractivity contribution in [2.75, 3.05) is 7.11 Å². The SMILES string of the molecule is COc1cc2nn(C(F)F)cc2cc1Br. The third-order valence-electron chi connectivity index (χ3n) is 2.00. The summed E-state index contributed by atoms with van der Waals surface area (Å²) >= 11 is 3.27. The Morgan fingerprint density at radius 2 is 2.20 bits per heavy atom. The lowest BCUT2D eigenvalue weighted by molar-refractivity contribution is 0.0573. The monoisotopic (exact) mass is 276 g/mol. The molecule has 0 amide bonds. The van der Waals surface area contributed by atoms with Crippen molar-refractivity contribution in [2.45, 2.75) is 6.55 Å². The van der Waals surface area contributed by atoms with Crippen molar-refractivity contribution in [3.05, 3.63) is 22.8 Å². The van der Waals surface area contributed by atoms with Gasteiger partial charge in [0.1, 0.15) is 5.75 Å². The van der Waals surface area contributed by atoms with Crippen molar-refractivity contribution in [1.82, 2.24) is 9.78 Å². The molecule has 0 unspecified atom stereocenters. The number of aromatic nitrogens is 2. The molecule has 0 atom stereocenters. The molecule has 0 aliphatic rings. The predicted molar refractivity (Wildman–Crippen MR) is 55.2 cm³/mol. The highest BCUT2D eigenvalue weighted by molar-refractivity contribution is 9.10. The minimum absolute atomic E-state index is 0.482. The average molecular weight is 277 g/mol. The molecule has 0 aliphatic carbocycles. The van der Waals surface area contributed by atoms with E-state index in [-0.39, 0.29) is 0 Å². The van der Waals surface area contributed by atoms with E-state index in [1.165, 1.54) is 13.3 Å². The first-order valence-electron chi connectivity index (χ1n) is 4.12. The molecule has 80 valence electrons. The van der Waals surface area contributed by atoms with Crippen LogP contribution in [0, 0.1) is 0 Å². The van der Waals surface area contributed by atoms with Gasteiger partial charge in [-0.25, -0.2) is 4.68 Å². The third-order valence-corrected chi connectivity index (χ3v) is 2.62. The minimum Gasteiger partial charge on any atom is -0.495 e. The van der Waals surface area contributed by atoms with E-state index in [0.717, 1.165) is 0 Å². The number of halogens is 3. The molecular formula is C9H7BrF2N2O. The molecule has 0 radical (unpaired) electrons. The minimum atomic E-state index is -2.62. The van der Waals surface area contributed by atoms with Crippen LogP contribution in [0.4, 0.5) is 8.78 Å². The molecule has 15 heavy (non-hydrogen) atoms.